The van der Waals surface area contributed by atoms with Gasteiger partial charge < -0.3 is 14.1 Å². The molecule has 1 fully saturated rings. The van der Waals surface area contributed by atoms with E-state index in [0.29, 0.717) is 11.8 Å². The van der Waals surface area contributed by atoms with Crippen LogP contribution in [0.1, 0.15) is 37.5 Å². The molecule has 6 heteroatoms. The highest BCUT2D eigenvalue weighted by Gasteiger charge is 2.25. The smallest absolute Gasteiger partial charge is 0.249 e. The maximum atomic E-state index is 5.90. The van der Waals surface area contributed by atoms with Gasteiger partial charge in [0.25, 0.3) is 0 Å². The van der Waals surface area contributed by atoms with Gasteiger partial charge in [-0.15, -0.1) is 10.2 Å². The maximum absolute atomic E-state index is 5.90. The number of unbranched alkanes of at least 4 members (excludes halogenated alkanes) is 1. The van der Waals surface area contributed by atoms with Gasteiger partial charge in [-0.05, 0) is 69.6 Å². The van der Waals surface area contributed by atoms with E-state index in [2.05, 4.69) is 20.1 Å². The van der Waals surface area contributed by atoms with Crippen molar-refractivity contribution in [1.29, 1.82) is 0 Å². The van der Waals surface area contributed by atoms with E-state index in [1.807, 2.05) is 42.5 Å². The van der Waals surface area contributed by atoms with Crippen molar-refractivity contribution >= 4 is 0 Å². The van der Waals surface area contributed by atoms with Gasteiger partial charge in [0.15, 0.2) is 0 Å². The molecule has 0 spiro atoms. The summed E-state index contributed by atoms with van der Waals surface area (Å²) in [7, 11) is 0. The molecule has 0 amide bonds. The largest absolute Gasteiger partial charge is 0.494 e. The summed E-state index contributed by atoms with van der Waals surface area (Å²) in [6.45, 7) is 4.05. The van der Waals surface area contributed by atoms with Crippen molar-refractivity contribution in [3.63, 3.8) is 0 Å². The van der Waals surface area contributed by atoms with E-state index < -0.39 is 0 Å². The zero-order chi connectivity index (χ0) is 19.0. The van der Waals surface area contributed by atoms with Crippen molar-refractivity contribution in [3.05, 3.63) is 60.7 Å². The summed E-state index contributed by atoms with van der Waals surface area (Å²) in [6, 6.07) is 13.8. The standard InChI is InChI=1S/C22H26N4O2/c1-2-8-20(9-3-1)27-16-5-4-13-26-14-10-18(11-15-26)21-24-25-22(28-21)19-7-6-12-23-17-19/h1-3,6-9,12,17-18H,4-5,10-11,13-16H2. The molecular formula is C22H26N4O2. The van der Waals surface area contributed by atoms with Crippen molar-refractivity contribution < 1.29 is 9.15 Å². The van der Waals surface area contributed by atoms with Crippen LogP contribution < -0.4 is 4.74 Å². The first-order valence-electron chi connectivity index (χ1n) is 10.0. The van der Waals surface area contributed by atoms with E-state index in [-0.39, 0.29) is 0 Å². The average molecular weight is 378 g/mol. The third-order valence-corrected chi connectivity index (χ3v) is 5.17. The molecule has 1 aliphatic rings. The highest BCUT2D eigenvalue weighted by molar-refractivity contribution is 5.49. The van der Waals surface area contributed by atoms with Crippen molar-refractivity contribution in [2.45, 2.75) is 31.6 Å². The second kappa shape index (κ2) is 9.46. The molecule has 0 aliphatic carbocycles. The molecular weight excluding hydrogens is 352 g/mol. The van der Waals surface area contributed by atoms with Gasteiger partial charge in [-0.2, -0.15) is 0 Å². The summed E-state index contributed by atoms with van der Waals surface area (Å²) in [4.78, 5) is 6.63. The minimum absolute atomic E-state index is 0.357. The topological polar surface area (TPSA) is 64.3 Å². The summed E-state index contributed by atoms with van der Waals surface area (Å²) in [6.07, 6.45) is 7.85. The Balaban J connectivity index is 1.16. The van der Waals surface area contributed by atoms with Crippen LogP contribution in [0.5, 0.6) is 5.75 Å². The zero-order valence-electron chi connectivity index (χ0n) is 16.0. The number of ether oxygens (including phenoxy) is 1. The van der Waals surface area contributed by atoms with Crippen molar-refractivity contribution in [3.8, 4) is 17.2 Å². The minimum atomic E-state index is 0.357. The molecule has 0 unspecified atom stereocenters. The van der Waals surface area contributed by atoms with Crippen molar-refractivity contribution in [2.75, 3.05) is 26.2 Å². The summed E-state index contributed by atoms with van der Waals surface area (Å²) in [5.74, 6) is 2.63. The number of hydrogen-bond acceptors (Lipinski definition) is 6. The third-order valence-electron chi connectivity index (χ3n) is 5.17. The lowest BCUT2D eigenvalue weighted by atomic mass is 9.96. The zero-order valence-corrected chi connectivity index (χ0v) is 16.0. The minimum Gasteiger partial charge on any atom is -0.494 e. The number of nitrogens with zero attached hydrogens (tertiary/aromatic N) is 4. The quantitative estimate of drug-likeness (QED) is 0.548. The predicted octanol–water partition coefficient (Wildman–Crippen LogP) is 4.17. The van der Waals surface area contributed by atoms with Gasteiger partial charge in [-0.3, -0.25) is 4.98 Å². The van der Waals surface area contributed by atoms with Crippen LogP contribution in [0.2, 0.25) is 0 Å². The van der Waals surface area contributed by atoms with Gasteiger partial charge in [-0.1, -0.05) is 18.2 Å². The SMILES string of the molecule is c1ccc(OCCCCN2CCC(c3nnc(-c4cccnc4)o3)CC2)cc1. The summed E-state index contributed by atoms with van der Waals surface area (Å²) in [5, 5.41) is 8.47. The van der Waals surface area contributed by atoms with Gasteiger partial charge in [0.1, 0.15) is 5.75 Å². The normalized spacial score (nSPS) is 15.6. The van der Waals surface area contributed by atoms with Crippen LogP contribution in [0.3, 0.4) is 0 Å². The van der Waals surface area contributed by atoms with Gasteiger partial charge >= 0.3 is 0 Å². The fourth-order valence-electron chi connectivity index (χ4n) is 3.55. The Hall–Kier alpha value is -2.73. The van der Waals surface area contributed by atoms with E-state index in [9.17, 15) is 0 Å². The van der Waals surface area contributed by atoms with Crippen LogP contribution in [0.25, 0.3) is 11.5 Å². The predicted molar refractivity (Wildman–Crippen MR) is 107 cm³/mol. The van der Waals surface area contributed by atoms with E-state index in [0.717, 1.165) is 69.1 Å². The summed E-state index contributed by atoms with van der Waals surface area (Å²) < 4.78 is 11.7. The number of hydrogen-bond donors (Lipinski definition) is 0. The molecule has 0 atom stereocenters. The highest BCUT2D eigenvalue weighted by atomic mass is 16.5. The summed E-state index contributed by atoms with van der Waals surface area (Å²) >= 11 is 0. The molecule has 1 aliphatic heterocycles. The molecule has 4 rings (SSSR count). The van der Waals surface area contributed by atoms with Crippen LogP contribution in [0.4, 0.5) is 0 Å². The van der Waals surface area contributed by atoms with Crippen LogP contribution in [0, 0.1) is 0 Å². The van der Waals surface area contributed by atoms with Gasteiger partial charge in [0, 0.05) is 18.3 Å². The van der Waals surface area contributed by atoms with Crippen LogP contribution in [-0.2, 0) is 0 Å². The second-order valence-corrected chi connectivity index (χ2v) is 7.17. The molecule has 1 aromatic carbocycles. The number of aromatic nitrogens is 3. The molecule has 0 N–H and O–H groups in total. The van der Waals surface area contributed by atoms with Crippen molar-refractivity contribution in [1.82, 2.24) is 20.1 Å². The second-order valence-electron chi connectivity index (χ2n) is 7.17. The first kappa shape index (κ1) is 18.6. The monoisotopic (exact) mass is 378 g/mol. The van der Waals surface area contributed by atoms with Crippen LogP contribution >= 0.6 is 0 Å². The molecule has 0 bridgehead atoms. The molecule has 0 radical (unpaired) electrons. The van der Waals surface area contributed by atoms with E-state index in [1.165, 1.54) is 0 Å². The van der Waals surface area contributed by atoms with Crippen LogP contribution in [-0.4, -0.2) is 46.3 Å². The lowest BCUT2D eigenvalue weighted by molar-refractivity contribution is 0.192. The highest BCUT2D eigenvalue weighted by Crippen LogP contribution is 2.29. The average Bonchev–Trinajstić information content (AvgIpc) is 3.26. The lowest BCUT2D eigenvalue weighted by Crippen LogP contribution is -2.33. The molecule has 28 heavy (non-hydrogen) atoms. The molecule has 3 aromatic rings. The Morgan fingerprint density at radius 3 is 2.64 bits per heavy atom. The summed E-state index contributed by atoms with van der Waals surface area (Å²) in [5.41, 5.74) is 0.872. The molecule has 3 heterocycles. The molecule has 6 nitrogen and oxygen atoms in total. The number of pyridine rings is 1. The lowest BCUT2D eigenvalue weighted by Gasteiger charge is -2.30. The third kappa shape index (κ3) is 4.95. The molecule has 2 aromatic heterocycles. The number of rotatable bonds is 8. The molecule has 146 valence electrons. The first-order chi connectivity index (χ1) is 13.9. The van der Waals surface area contributed by atoms with Crippen molar-refractivity contribution in [2.24, 2.45) is 0 Å². The maximum Gasteiger partial charge on any atom is 0.249 e. The Morgan fingerprint density at radius 1 is 1.00 bits per heavy atom. The molecule has 0 saturated carbocycles. The van der Waals surface area contributed by atoms with E-state index in [1.54, 1.807) is 12.4 Å². The first-order valence-corrected chi connectivity index (χ1v) is 10.0. The Bertz CT molecular complexity index is 830. The van der Waals surface area contributed by atoms with E-state index >= 15 is 0 Å². The Kier molecular flexibility index (Phi) is 6.29. The van der Waals surface area contributed by atoms with Gasteiger partial charge in [0.05, 0.1) is 12.2 Å². The van der Waals surface area contributed by atoms with E-state index in [4.69, 9.17) is 9.15 Å². The Labute approximate surface area is 165 Å². The number of para-hydroxylation sites is 1. The fraction of sp³-hybridized carbons (Fsp3) is 0.409. The Morgan fingerprint density at radius 2 is 1.86 bits per heavy atom. The molecule has 1 saturated heterocycles. The fourth-order valence-corrected chi connectivity index (χ4v) is 3.55. The number of piperidine rings is 1. The van der Waals surface area contributed by atoms with Gasteiger partial charge in [-0.25, -0.2) is 0 Å². The van der Waals surface area contributed by atoms with Gasteiger partial charge in [0.2, 0.25) is 11.8 Å². The number of likely N-dealkylation sites (tertiary alicyclic amines) is 1. The number of benzene rings is 1. The van der Waals surface area contributed by atoms with Crippen LogP contribution in [0.15, 0.2) is 59.3 Å².